The minimum atomic E-state index is -0.707. The van der Waals surface area contributed by atoms with Crippen molar-refractivity contribution in [3.63, 3.8) is 0 Å². The van der Waals surface area contributed by atoms with Gasteiger partial charge in [0.2, 0.25) is 0 Å². The molecule has 0 aliphatic carbocycles. The molecule has 0 spiro atoms. The van der Waals surface area contributed by atoms with Crippen molar-refractivity contribution in [2.45, 2.75) is 33.2 Å². The summed E-state index contributed by atoms with van der Waals surface area (Å²) >= 11 is 0. The Kier molecular flexibility index (Phi) is 5.16. The van der Waals surface area contributed by atoms with E-state index in [0.717, 1.165) is 13.1 Å². The molecule has 1 unspecified atom stereocenters. The van der Waals surface area contributed by atoms with Gasteiger partial charge in [0.1, 0.15) is 0 Å². The van der Waals surface area contributed by atoms with Gasteiger partial charge in [0.15, 0.2) is 0 Å². The third-order valence-corrected chi connectivity index (χ3v) is 3.32. The van der Waals surface area contributed by atoms with Crippen LogP contribution in [-0.4, -0.2) is 17.6 Å². The van der Waals surface area contributed by atoms with E-state index in [1.165, 1.54) is 5.56 Å². The molecule has 3 nitrogen and oxygen atoms in total. The van der Waals surface area contributed by atoms with Crippen LogP contribution in [0.5, 0.6) is 0 Å². The molecule has 94 valence electrons. The minimum absolute atomic E-state index is 0.607. The first-order valence-electron chi connectivity index (χ1n) is 6.06. The highest BCUT2D eigenvalue weighted by molar-refractivity contribution is 5.73. The highest BCUT2D eigenvalue weighted by Crippen LogP contribution is 2.25. The fourth-order valence-electron chi connectivity index (χ4n) is 1.63. The maximum Gasteiger partial charge on any atom is 0.309 e. The summed E-state index contributed by atoms with van der Waals surface area (Å²) in [6.45, 7) is 5.25. The second kappa shape index (κ2) is 6.40. The molecule has 0 saturated heterocycles. The van der Waals surface area contributed by atoms with Crippen molar-refractivity contribution in [3.8, 4) is 0 Å². The lowest BCUT2D eigenvalue weighted by molar-refractivity contribution is -0.148. The van der Waals surface area contributed by atoms with Crippen molar-refractivity contribution < 1.29 is 9.90 Å². The molecular formula is C14H21NO2. The van der Waals surface area contributed by atoms with Crippen LogP contribution >= 0.6 is 0 Å². The first-order chi connectivity index (χ1) is 8.08. The standard InChI is InChI=1S/C14H21NO2/c1-3-14(2,13(16)17)9-10-15-11-12-7-5-4-6-8-12/h4-8,15H,3,9-11H2,1-2H3,(H,16,17). The van der Waals surface area contributed by atoms with Gasteiger partial charge in [0, 0.05) is 6.54 Å². The van der Waals surface area contributed by atoms with Crippen LogP contribution in [0, 0.1) is 5.41 Å². The third-order valence-electron chi connectivity index (χ3n) is 3.32. The van der Waals surface area contributed by atoms with Gasteiger partial charge in [0.05, 0.1) is 5.41 Å². The average molecular weight is 235 g/mol. The molecule has 3 heteroatoms. The van der Waals surface area contributed by atoms with Gasteiger partial charge in [-0.25, -0.2) is 0 Å². The number of carboxylic acid groups (broad SMARTS) is 1. The fourth-order valence-corrected chi connectivity index (χ4v) is 1.63. The highest BCUT2D eigenvalue weighted by Gasteiger charge is 2.30. The van der Waals surface area contributed by atoms with Crippen LogP contribution in [0.1, 0.15) is 32.3 Å². The number of carboxylic acids is 1. The Morgan fingerprint density at radius 2 is 2.00 bits per heavy atom. The zero-order chi connectivity index (χ0) is 12.7. The molecule has 1 aromatic carbocycles. The number of benzene rings is 1. The van der Waals surface area contributed by atoms with Gasteiger partial charge in [0.25, 0.3) is 0 Å². The lowest BCUT2D eigenvalue weighted by Gasteiger charge is -2.22. The Labute approximate surface area is 103 Å². The van der Waals surface area contributed by atoms with Crippen LogP contribution in [0.15, 0.2) is 30.3 Å². The van der Waals surface area contributed by atoms with Crippen molar-refractivity contribution in [2.75, 3.05) is 6.54 Å². The fraction of sp³-hybridized carbons (Fsp3) is 0.500. The third kappa shape index (κ3) is 4.19. The largest absolute Gasteiger partial charge is 0.481 e. The molecule has 0 heterocycles. The molecule has 17 heavy (non-hydrogen) atoms. The van der Waals surface area contributed by atoms with E-state index in [-0.39, 0.29) is 0 Å². The predicted octanol–water partition coefficient (Wildman–Crippen LogP) is 2.67. The van der Waals surface area contributed by atoms with Crippen LogP contribution in [0.25, 0.3) is 0 Å². The van der Waals surface area contributed by atoms with Crippen LogP contribution < -0.4 is 5.32 Å². The lowest BCUT2D eigenvalue weighted by Crippen LogP contribution is -2.31. The number of rotatable bonds is 7. The molecule has 2 N–H and O–H groups in total. The maximum atomic E-state index is 11.1. The van der Waals surface area contributed by atoms with Crippen LogP contribution in [0.2, 0.25) is 0 Å². The Hall–Kier alpha value is -1.35. The zero-order valence-electron chi connectivity index (χ0n) is 10.6. The molecule has 0 aliphatic heterocycles. The normalized spacial score (nSPS) is 14.2. The minimum Gasteiger partial charge on any atom is -0.481 e. The van der Waals surface area contributed by atoms with E-state index in [1.807, 2.05) is 25.1 Å². The van der Waals surface area contributed by atoms with Crippen LogP contribution in [-0.2, 0) is 11.3 Å². The summed E-state index contributed by atoms with van der Waals surface area (Å²) in [4.78, 5) is 11.1. The Bertz CT molecular complexity index is 350. The van der Waals surface area contributed by atoms with E-state index < -0.39 is 11.4 Å². The molecule has 1 rings (SSSR count). The second-order valence-electron chi connectivity index (χ2n) is 4.63. The Balaban J connectivity index is 2.31. The molecular weight excluding hydrogens is 214 g/mol. The maximum absolute atomic E-state index is 11.1. The number of aliphatic carboxylic acids is 1. The van der Waals surface area contributed by atoms with Gasteiger partial charge < -0.3 is 10.4 Å². The smallest absolute Gasteiger partial charge is 0.309 e. The van der Waals surface area contributed by atoms with Crippen LogP contribution in [0.4, 0.5) is 0 Å². The van der Waals surface area contributed by atoms with Crippen LogP contribution in [0.3, 0.4) is 0 Å². The topological polar surface area (TPSA) is 49.3 Å². The first kappa shape index (κ1) is 13.7. The van der Waals surface area contributed by atoms with Crippen molar-refractivity contribution in [2.24, 2.45) is 5.41 Å². The number of hydrogen-bond donors (Lipinski definition) is 2. The lowest BCUT2D eigenvalue weighted by atomic mass is 9.84. The van der Waals surface area contributed by atoms with Gasteiger partial charge in [-0.1, -0.05) is 37.3 Å². The second-order valence-corrected chi connectivity index (χ2v) is 4.63. The van der Waals surface area contributed by atoms with Gasteiger partial charge in [-0.2, -0.15) is 0 Å². The monoisotopic (exact) mass is 235 g/mol. The van der Waals surface area contributed by atoms with Gasteiger partial charge in [-0.05, 0) is 31.9 Å². The summed E-state index contributed by atoms with van der Waals surface area (Å²) in [7, 11) is 0. The van der Waals surface area contributed by atoms with E-state index >= 15 is 0 Å². The van der Waals surface area contributed by atoms with Crippen molar-refractivity contribution in [1.29, 1.82) is 0 Å². The zero-order valence-corrected chi connectivity index (χ0v) is 10.6. The van der Waals surface area contributed by atoms with E-state index in [4.69, 9.17) is 5.11 Å². The highest BCUT2D eigenvalue weighted by atomic mass is 16.4. The van der Waals surface area contributed by atoms with Gasteiger partial charge in [-0.15, -0.1) is 0 Å². The summed E-state index contributed by atoms with van der Waals surface area (Å²) in [5.41, 5.74) is 0.616. The van der Waals surface area contributed by atoms with E-state index in [1.54, 1.807) is 6.92 Å². The van der Waals surface area contributed by atoms with Crippen molar-refractivity contribution in [1.82, 2.24) is 5.32 Å². The summed E-state index contributed by atoms with van der Waals surface area (Å²) in [5.74, 6) is -0.707. The molecule has 0 radical (unpaired) electrons. The SMILES string of the molecule is CCC(C)(CCNCc1ccccc1)C(=O)O. The van der Waals surface area contributed by atoms with E-state index in [0.29, 0.717) is 12.8 Å². The molecule has 0 fully saturated rings. The number of hydrogen-bond acceptors (Lipinski definition) is 2. The molecule has 0 aliphatic rings. The predicted molar refractivity (Wildman–Crippen MR) is 68.8 cm³/mol. The van der Waals surface area contributed by atoms with Gasteiger partial charge >= 0.3 is 5.97 Å². The number of nitrogens with one attached hydrogen (secondary N) is 1. The summed E-state index contributed by atoms with van der Waals surface area (Å²) in [6.07, 6.45) is 1.32. The molecule has 0 saturated carbocycles. The van der Waals surface area contributed by atoms with E-state index in [9.17, 15) is 4.79 Å². The van der Waals surface area contributed by atoms with Crippen molar-refractivity contribution >= 4 is 5.97 Å². The number of carbonyl (C=O) groups is 1. The van der Waals surface area contributed by atoms with Gasteiger partial charge in [-0.3, -0.25) is 4.79 Å². The quantitative estimate of drug-likeness (QED) is 0.714. The molecule has 1 atom stereocenters. The molecule has 0 aromatic heterocycles. The average Bonchev–Trinajstić information content (AvgIpc) is 2.35. The van der Waals surface area contributed by atoms with Crippen molar-refractivity contribution in [3.05, 3.63) is 35.9 Å². The summed E-state index contributed by atoms with van der Waals surface area (Å²) in [5, 5.41) is 12.4. The van der Waals surface area contributed by atoms with E-state index in [2.05, 4.69) is 17.4 Å². The summed E-state index contributed by atoms with van der Waals surface area (Å²) in [6, 6.07) is 10.1. The summed E-state index contributed by atoms with van der Waals surface area (Å²) < 4.78 is 0. The molecule has 0 amide bonds. The Morgan fingerprint density at radius 3 is 2.53 bits per heavy atom. The first-order valence-corrected chi connectivity index (χ1v) is 6.06. The molecule has 1 aromatic rings. The Morgan fingerprint density at radius 1 is 1.35 bits per heavy atom. The molecule has 0 bridgehead atoms.